The van der Waals surface area contributed by atoms with E-state index >= 15 is 0 Å². The molecule has 0 aliphatic carbocycles. The first-order valence-electron chi connectivity index (χ1n) is 7.99. The molecule has 0 saturated heterocycles. The number of rotatable bonds is 6. The average molecular weight is 377 g/mol. The van der Waals surface area contributed by atoms with Crippen molar-refractivity contribution in [3.63, 3.8) is 0 Å². The van der Waals surface area contributed by atoms with Crippen LogP contribution in [0.5, 0.6) is 5.75 Å². The quantitative estimate of drug-likeness (QED) is 0.359. The molecule has 2 aromatic heterocycles. The second-order valence-corrected chi connectivity index (χ2v) is 5.90. The number of hydrogen-bond acceptors (Lipinski definition) is 6. The predicted octanol–water partition coefficient (Wildman–Crippen LogP) is 0.950. The molecule has 11 heteroatoms. The Kier molecular flexibility index (Phi) is 4.75. The Labute approximate surface area is 151 Å². The molecule has 2 heterocycles. The van der Waals surface area contributed by atoms with Crippen molar-refractivity contribution in [1.82, 2.24) is 18.7 Å². The number of halogens is 1. The van der Waals surface area contributed by atoms with E-state index in [1.54, 1.807) is 7.05 Å². The van der Waals surface area contributed by atoms with Crippen LogP contribution in [0.1, 0.15) is 6.42 Å². The van der Waals surface area contributed by atoms with E-state index in [-0.39, 0.29) is 36.7 Å². The Hall–Kier alpha value is -3.50. The van der Waals surface area contributed by atoms with E-state index in [0.29, 0.717) is 5.52 Å². The lowest BCUT2D eigenvalue weighted by Gasteiger charge is -2.10. The summed E-state index contributed by atoms with van der Waals surface area (Å²) in [6.07, 6.45) is 1.66. The van der Waals surface area contributed by atoms with Gasteiger partial charge in [-0.3, -0.25) is 24.0 Å². The molecule has 3 rings (SSSR count). The Balaban J connectivity index is 1.78. The van der Waals surface area contributed by atoms with Gasteiger partial charge in [-0.25, -0.2) is 14.2 Å². The number of aromatic nitrogens is 4. The van der Waals surface area contributed by atoms with Crippen molar-refractivity contribution in [2.75, 3.05) is 6.61 Å². The highest BCUT2D eigenvalue weighted by Crippen LogP contribution is 2.27. The van der Waals surface area contributed by atoms with E-state index < -0.39 is 22.0 Å². The molecule has 0 saturated carbocycles. The van der Waals surface area contributed by atoms with Gasteiger partial charge in [0.05, 0.1) is 17.9 Å². The standard InChI is InChI=1S/C16H16FN5O5/c1-19-9-18-14-13(19)15(23)21(16(24)20(14)2)6-3-7-27-12-8-10(17)4-5-11(12)22(25)26/h4-5,8-9H,3,6-7H2,1-2H3. The second-order valence-electron chi connectivity index (χ2n) is 5.90. The number of hydrogen-bond donors (Lipinski definition) is 0. The summed E-state index contributed by atoms with van der Waals surface area (Å²) in [7, 11) is 3.16. The predicted molar refractivity (Wildman–Crippen MR) is 93.4 cm³/mol. The molecular formula is C16H16FN5O5. The smallest absolute Gasteiger partial charge is 0.332 e. The van der Waals surface area contributed by atoms with Crippen LogP contribution in [0, 0.1) is 15.9 Å². The van der Waals surface area contributed by atoms with Crippen LogP contribution in [0.4, 0.5) is 10.1 Å². The van der Waals surface area contributed by atoms with Crippen LogP contribution in [0.2, 0.25) is 0 Å². The zero-order valence-electron chi connectivity index (χ0n) is 14.6. The molecule has 10 nitrogen and oxygen atoms in total. The number of aryl methyl sites for hydroxylation is 2. The first-order valence-corrected chi connectivity index (χ1v) is 7.99. The van der Waals surface area contributed by atoms with Gasteiger partial charge in [-0.1, -0.05) is 0 Å². The first-order chi connectivity index (χ1) is 12.8. The fourth-order valence-corrected chi connectivity index (χ4v) is 2.75. The van der Waals surface area contributed by atoms with Crippen LogP contribution in [-0.2, 0) is 20.6 Å². The first kappa shape index (κ1) is 18.3. The summed E-state index contributed by atoms with van der Waals surface area (Å²) in [5, 5.41) is 11.0. The van der Waals surface area contributed by atoms with Crippen LogP contribution in [0.3, 0.4) is 0 Å². The Morgan fingerprint density at radius 2 is 2.04 bits per heavy atom. The molecule has 0 atom stereocenters. The van der Waals surface area contributed by atoms with E-state index in [0.717, 1.165) is 22.8 Å². The molecule has 0 radical (unpaired) electrons. The lowest BCUT2D eigenvalue weighted by Crippen LogP contribution is -2.39. The van der Waals surface area contributed by atoms with Crippen LogP contribution < -0.4 is 16.0 Å². The number of imidazole rings is 1. The summed E-state index contributed by atoms with van der Waals surface area (Å²) in [5.41, 5.74) is -0.789. The third-order valence-electron chi connectivity index (χ3n) is 4.10. The molecule has 0 fully saturated rings. The van der Waals surface area contributed by atoms with E-state index in [2.05, 4.69) is 4.98 Å². The van der Waals surface area contributed by atoms with E-state index in [9.17, 15) is 24.1 Å². The van der Waals surface area contributed by atoms with Crippen LogP contribution in [-0.4, -0.2) is 30.2 Å². The molecule has 0 unspecified atom stereocenters. The van der Waals surface area contributed by atoms with Gasteiger partial charge < -0.3 is 9.30 Å². The van der Waals surface area contributed by atoms with Crippen molar-refractivity contribution < 1.29 is 14.1 Å². The summed E-state index contributed by atoms with van der Waals surface area (Å²) >= 11 is 0. The van der Waals surface area contributed by atoms with Gasteiger partial charge in [0.1, 0.15) is 5.82 Å². The minimum Gasteiger partial charge on any atom is -0.487 e. The molecule has 0 amide bonds. The third-order valence-corrected chi connectivity index (χ3v) is 4.10. The number of ether oxygens (including phenoxy) is 1. The molecule has 0 aliphatic rings. The summed E-state index contributed by atoms with van der Waals surface area (Å²) in [4.78, 5) is 39.2. The normalized spacial score (nSPS) is 11.1. The zero-order valence-corrected chi connectivity index (χ0v) is 14.6. The minimum absolute atomic E-state index is 0.0374. The molecule has 0 N–H and O–H groups in total. The van der Waals surface area contributed by atoms with Gasteiger partial charge in [0.2, 0.25) is 0 Å². The topological polar surface area (TPSA) is 114 Å². The molecular weight excluding hydrogens is 361 g/mol. The van der Waals surface area contributed by atoms with Crippen molar-refractivity contribution in [1.29, 1.82) is 0 Å². The Morgan fingerprint density at radius 3 is 2.74 bits per heavy atom. The molecule has 142 valence electrons. The van der Waals surface area contributed by atoms with Gasteiger partial charge in [0, 0.05) is 32.8 Å². The maximum atomic E-state index is 13.3. The largest absolute Gasteiger partial charge is 0.487 e. The monoisotopic (exact) mass is 377 g/mol. The fraction of sp³-hybridized carbons (Fsp3) is 0.312. The highest BCUT2D eigenvalue weighted by Gasteiger charge is 2.17. The Bertz CT molecular complexity index is 1150. The molecule has 27 heavy (non-hydrogen) atoms. The van der Waals surface area contributed by atoms with Crippen molar-refractivity contribution >= 4 is 16.9 Å². The van der Waals surface area contributed by atoms with E-state index in [4.69, 9.17) is 4.74 Å². The van der Waals surface area contributed by atoms with Gasteiger partial charge in [-0.05, 0) is 12.5 Å². The van der Waals surface area contributed by atoms with Crippen molar-refractivity contribution in [2.24, 2.45) is 14.1 Å². The number of nitrogens with zero attached hydrogens (tertiary/aromatic N) is 5. The SMILES string of the molecule is Cn1cnc2c1c(=O)n(CCCOc1cc(F)ccc1[N+](=O)[O-])c(=O)n2C. The molecule has 1 aromatic carbocycles. The molecule has 0 spiro atoms. The maximum Gasteiger partial charge on any atom is 0.332 e. The number of nitro benzene ring substituents is 1. The summed E-state index contributed by atoms with van der Waals surface area (Å²) in [6, 6.07) is 2.91. The minimum atomic E-state index is -0.675. The van der Waals surface area contributed by atoms with Crippen LogP contribution in [0.15, 0.2) is 34.1 Å². The van der Waals surface area contributed by atoms with E-state index in [1.807, 2.05) is 0 Å². The summed E-state index contributed by atoms with van der Waals surface area (Å²) < 4.78 is 22.4. The zero-order chi connectivity index (χ0) is 19.7. The molecule has 3 aromatic rings. The number of benzene rings is 1. The van der Waals surface area contributed by atoms with Gasteiger partial charge in [0.15, 0.2) is 16.9 Å². The van der Waals surface area contributed by atoms with Crippen LogP contribution >= 0.6 is 0 Å². The molecule has 0 aliphatic heterocycles. The van der Waals surface area contributed by atoms with E-state index in [1.165, 1.54) is 22.5 Å². The fourth-order valence-electron chi connectivity index (χ4n) is 2.75. The average Bonchev–Trinajstić information content (AvgIpc) is 3.01. The van der Waals surface area contributed by atoms with Crippen LogP contribution in [0.25, 0.3) is 11.2 Å². The van der Waals surface area contributed by atoms with Crippen molar-refractivity contribution in [3.05, 3.63) is 61.3 Å². The highest BCUT2D eigenvalue weighted by molar-refractivity contribution is 5.69. The third kappa shape index (κ3) is 3.30. The maximum absolute atomic E-state index is 13.3. The van der Waals surface area contributed by atoms with Crippen molar-refractivity contribution in [2.45, 2.75) is 13.0 Å². The second kappa shape index (κ2) is 7.02. The molecule has 0 bridgehead atoms. The lowest BCUT2D eigenvalue weighted by molar-refractivity contribution is -0.385. The summed E-state index contributed by atoms with van der Waals surface area (Å²) in [6.45, 7) is -0.000941. The summed E-state index contributed by atoms with van der Waals surface area (Å²) in [5.74, 6) is -0.871. The lowest BCUT2D eigenvalue weighted by atomic mass is 10.3. The van der Waals surface area contributed by atoms with Gasteiger partial charge in [0.25, 0.3) is 5.56 Å². The number of nitro groups is 1. The van der Waals surface area contributed by atoms with Crippen molar-refractivity contribution in [3.8, 4) is 5.75 Å². The number of fused-ring (bicyclic) bond motifs is 1. The van der Waals surface area contributed by atoms with Gasteiger partial charge in [-0.15, -0.1) is 0 Å². The van der Waals surface area contributed by atoms with Gasteiger partial charge >= 0.3 is 11.4 Å². The highest BCUT2D eigenvalue weighted by atomic mass is 19.1. The van der Waals surface area contributed by atoms with Gasteiger partial charge in [-0.2, -0.15) is 0 Å². The Morgan fingerprint density at radius 1 is 1.30 bits per heavy atom.